The van der Waals surface area contributed by atoms with Crippen molar-refractivity contribution in [2.45, 2.75) is 17.6 Å². The third kappa shape index (κ3) is 3.72. The predicted octanol–water partition coefficient (Wildman–Crippen LogP) is 1.56. The molecule has 21 heavy (non-hydrogen) atoms. The van der Waals surface area contributed by atoms with Crippen molar-refractivity contribution >= 4 is 26.5 Å². The first-order valence-corrected chi connectivity index (χ1v) is 8.58. The fourth-order valence-electron chi connectivity index (χ4n) is 1.95. The van der Waals surface area contributed by atoms with E-state index in [4.69, 9.17) is 10.5 Å². The topological polar surface area (TPSA) is 94.3 Å². The van der Waals surface area contributed by atoms with Crippen LogP contribution in [0.3, 0.4) is 0 Å². The molecule has 1 heterocycles. The summed E-state index contributed by atoms with van der Waals surface area (Å²) in [7, 11) is -1.98. The van der Waals surface area contributed by atoms with E-state index in [1.165, 1.54) is 0 Å². The fourth-order valence-corrected chi connectivity index (χ4v) is 4.32. The van der Waals surface area contributed by atoms with E-state index in [2.05, 4.69) is 9.71 Å². The SMILES string of the molecule is COc1ccccc1CCNS(=O)(=O)c1sc(N)nc1C. The highest BCUT2D eigenvalue weighted by Crippen LogP contribution is 2.24. The van der Waals surface area contributed by atoms with Crippen molar-refractivity contribution in [1.29, 1.82) is 0 Å². The van der Waals surface area contributed by atoms with Gasteiger partial charge in [-0.1, -0.05) is 29.5 Å². The van der Waals surface area contributed by atoms with Crippen LogP contribution in [0.1, 0.15) is 11.3 Å². The van der Waals surface area contributed by atoms with Gasteiger partial charge in [-0.05, 0) is 25.0 Å². The van der Waals surface area contributed by atoms with Gasteiger partial charge in [-0.2, -0.15) is 0 Å². The molecular weight excluding hydrogens is 310 g/mol. The molecule has 6 nitrogen and oxygen atoms in total. The van der Waals surface area contributed by atoms with E-state index in [9.17, 15) is 8.42 Å². The number of sulfonamides is 1. The number of rotatable bonds is 6. The Balaban J connectivity index is 2.04. The molecule has 0 aliphatic carbocycles. The van der Waals surface area contributed by atoms with E-state index in [1.807, 2.05) is 24.3 Å². The first-order chi connectivity index (χ1) is 9.94. The Hall–Kier alpha value is -1.64. The van der Waals surface area contributed by atoms with Crippen molar-refractivity contribution < 1.29 is 13.2 Å². The van der Waals surface area contributed by atoms with Crippen molar-refractivity contribution in [1.82, 2.24) is 9.71 Å². The highest BCUT2D eigenvalue weighted by Gasteiger charge is 2.20. The highest BCUT2D eigenvalue weighted by atomic mass is 32.2. The molecule has 0 aliphatic heterocycles. The molecule has 2 rings (SSSR count). The van der Waals surface area contributed by atoms with Crippen LogP contribution in [0.15, 0.2) is 28.5 Å². The average Bonchev–Trinajstić information content (AvgIpc) is 2.79. The van der Waals surface area contributed by atoms with Crippen molar-refractivity contribution in [3.8, 4) is 5.75 Å². The molecule has 0 bridgehead atoms. The molecule has 1 aromatic heterocycles. The van der Waals surface area contributed by atoms with Crippen molar-refractivity contribution in [3.05, 3.63) is 35.5 Å². The highest BCUT2D eigenvalue weighted by molar-refractivity contribution is 7.91. The lowest BCUT2D eigenvalue weighted by Crippen LogP contribution is -2.26. The largest absolute Gasteiger partial charge is 0.496 e. The second kappa shape index (κ2) is 6.42. The van der Waals surface area contributed by atoms with E-state index in [0.29, 0.717) is 12.1 Å². The zero-order chi connectivity index (χ0) is 15.5. The van der Waals surface area contributed by atoms with Crippen molar-refractivity contribution in [3.63, 3.8) is 0 Å². The number of nitrogen functional groups attached to an aromatic ring is 1. The molecule has 0 amide bonds. The van der Waals surface area contributed by atoms with Crippen LogP contribution >= 0.6 is 11.3 Å². The molecule has 0 radical (unpaired) electrons. The Morgan fingerprint density at radius 2 is 2.10 bits per heavy atom. The monoisotopic (exact) mass is 327 g/mol. The number of hydrogen-bond acceptors (Lipinski definition) is 6. The Bertz CT molecular complexity index is 726. The minimum absolute atomic E-state index is 0.167. The zero-order valence-electron chi connectivity index (χ0n) is 11.8. The Labute approximate surface area is 128 Å². The predicted molar refractivity (Wildman–Crippen MR) is 83.1 cm³/mol. The van der Waals surface area contributed by atoms with E-state index in [-0.39, 0.29) is 15.9 Å². The summed E-state index contributed by atoms with van der Waals surface area (Å²) in [4.78, 5) is 3.93. The Kier molecular flexibility index (Phi) is 4.81. The summed E-state index contributed by atoms with van der Waals surface area (Å²) in [6.07, 6.45) is 0.538. The average molecular weight is 327 g/mol. The lowest BCUT2D eigenvalue weighted by Gasteiger charge is -2.09. The second-order valence-electron chi connectivity index (χ2n) is 4.38. The molecule has 114 valence electrons. The smallest absolute Gasteiger partial charge is 0.252 e. The standard InChI is InChI=1S/C13H17N3O3S2/c1-9-12(20-13(14)16-9)21(17,18)15-8-7-10-5-3-4-6-11(10)19-2/h3-6,15H,7-8H2,1-2H3,(H2,14,16). The first-order valence-electron chi connectivity index (χ1n) is 6.28. The number of nitrogens with two attached hydrogens (primary N) is 1. The number of hydrogen-bond donors (Lipinski definition) is 2. The molecule has 0 fully saturated rings. The number of para-hydroxylation sites is 1. The zero-order valence-corrected chi connectivity index (χ0v) is 13.4. The summed E-state index contributed by atoms with van der Waals surface area (Å²) in [5.41, 5.74) is 6.90. The summed E-state index contributed by atoms with van der Waals surface area (Å²) < 4.78 is 32.3. The van der Waals surface area contributed by atoms with Crippen LogP contribution in [0.2, 0.25) is 0 Å². The summed E-state index contributed by atoms with van der Waals surface area (Å²) in [6.45, 7) is 1.90. The van der Waals surface area contributed by atoms with Crippen LogP contribution < -0.4 is 15.2 Å². The number of aryl methyl sites for hydroxylation is 1. The molecule has 3 N–H and O–H groups in total. The van der Waals surface area contributed by atoms with Gasteiger partial charge in [0, 0.05) is 6.54 Å². The van der Waals surface area contributed by atoms with Gasteiger partial charge < -0.3 is 10.5 Å². The molecule has 8 heteroatoms. The van der Waals surface area contributed by atoms with Gasteiger partial charge in [0.15, 0.2) is 9.34 Å². The summed E-state index contributed by atoms with van der Waals surface area (Å²) in [5, 5.41) is 0.248. The number of methoxy groups -OCH3 is 1. The molecular formula is C13H17N3O3S2. The molecule has 0 spiro atoms. The first kappa shape index (κ1) is 15.7. The quantitative estimate of drug-likeness (QED) is 0.840. The molecule has 0 unspecified atom stereocenters. The van der Waals surface area contributed by atoms with Gasteiger partial charge in [0.05, 0.1) is 12.8 Å². The third-order valence-corrected chi connectivity index (χ3v) is 5.95. The van der Waals surface area contributed by atoms with E-state index >= 15 is 0 Å². The minimum Gasteiger partial charge on any atom is -0.496 e. The number of thiazole rings is 1. The van der Waals surface area contributed by atoms with Gasteiger partial charge in [-0.15, -0.1) is 0 Å². The van der Waals surface area contributed by atoms with Gasteiger partial charge in [0.2, 0.25) is 0 Å². The Morgan fingerprint density at radius 1 is 1.38 bits per heavy atom. The maximum Gasteiger partial charge on any atom is 0.252 e. The molecule has 0 saturated carbocycles. The van der Waals surface area contributed by atoms with Crippen LogP contribution in [0, 0.1) is 6.92 Å². The lowest BCUT2D eigenvalue weighted by molar-refractivity contribution is 0.409. The van der Waals surface area contributed by atoms with Gasteiger partial charge in [-0.3, -0.25) is 0 Å². The van der Waals surface area contributed by atoms with Gasteiger partial charge in [0.1, 0.15) is 5.75 Å². The molecule has 0 aliphatic rings. The lowest BCUT2D eigenvalue weighted by atomic mass is 10.1. The number of benzene rings is 1. The van der Waals surface area contributed by atoms with Crippen LogP contribution in [0.4, 0.5) is 5.13 Å². The van der Waals surface area contributed by atoms with Gasteiger partial charge >= 0.3 is 0 Å². The second-order valence-corrected chi connectivity index (χ2v) is 7.38. The van der Waals surface area contributed by atoms with Crippen LogP contribution in [-0.2, 0) is 16.4 Å². The number of nitrogens with one attached hydrogen (secondary N) is 1. The summed E-state index contributed by atoms with van der Waals surface area (Å²) in [5.74, 6) is 0.745. The van der Waals surface area contributed by atoms with Crippen molar-refractivity contribution in [2.75, 3.05) is 19.4 Å². The Morgan fingerprint density at radius 3 is 2.71 bits per heavy atom. The minimum atomic E-state index is -3.57. The van der Waals surface area contributed by atoms with Gasteiger partial charge in [-0.25, -0.2) is 18.1 Å². The molecule has 1 aromatic carbocycles. The van der Waals surface area contributed by atoms with E-state index in [0.717, 1.165) is 22.6 Å². The third-order valence-electron chi connectivity index (χ3n) is 2.89. The van der Waals surface area contributed by atoms with E-state index in [1.54, 1.807) is 14.0 Å². The molecule has 2 aromatic rings. The normalized spacial score (nSPS) is 11.5. The molecule has 0 saturated heterocycles. The molecule has 0 atom stereocenters. The van der Waals surface area contributed by atoms with Crippen molar-refractivity contribution in [2.24, 2.45) is 0 Å². The maximum atomic E-state index is 12.2. The van der Waals surface area contributed by atoms with Crippen LogP contribution in [-0.4, -0.2) is 27.1 Å². The fraction of sp³-hybridized carbons (Fsp3) is 0.308. The van der Waals surface area contributed by atoms with Crippen LogP contribution in [0.5, 0.6) is 5.75 Å². The number of aromatic nitrogens is 1. The van der Waals surface area contributed by atoms with Gasteiger partial charge in [0.25, 0.3) is 10.0 Å². The number of ether oxygens (including phenoxy) is 1. The van der Waals surface area contributed by atoms with Crippen LogP contribution in [0.25, 0.3) is 0 Å². The summed E-state index contributed by atoms with van der Waals surface area (Å²) in [6, 6.07) is 7.51. The number of anilines is 1. The summed E-state index contributed by atoms with van der Waals surface area (Å²) >= 11 is 0.967. The maximum absolute atomic E-state index is 12.2. The van der Waals surface area contributed by atoms with E-state index < -0.39 is 10.0 Å². The number of nitrogens with zero attached hydrogens (tertiary/aromatic N) is 1.